The van der Waals surface area contributed by atoms with E-state index in [-0.39, 0.29) is 6.01 Å². The summed E-state index contributed by atoms with van der Waals surface area (Å²) >= 11 is 0. The molecule has 27 heavy (non-hydrogen) atoms. The van der Waals surface area contributed by atoms with Crippen molar-refractivity contribution in [2.45, 2.75) is 56.3 Å². The Morgan fingerprint density at radius 3 is 2.44 bits per heavy atom. The van der Waals surface area contributed by atoms with Gasteiger partial charge in [-0.2, -0.15) is 4.98 Å². The fourth-order valence-corrected chi connectivity index (χ4v) is 4.72. The van der Waals surface area contributed by atoms with Gasteiger partial charge in [0.2, 0.25) is 5.88 Å². The van der Waals surface area contributed by atoms with Crippen molar-refractivity contribution in [3.05, 3.63) is 47.7 Å². The number of ether oxygens (including phenoxy) is 2. The summed E-state index contributed by atoms with van der Waals surface area (Å²) in [6.45, 7) is 0.933. The van der Waals surface area contributed by atoms with Crippen molar-refractivity contribution in [2.24, 2.45) is 0 Å². The minimum absolute atomic E-state index is 0.251. The van der Waals surface area contributed by atoms with E-state index in [0.29, 0.717) is 36.4 Å². The molecule has 144 valence electrons. The van der Waals surface area contributed by atoms with Crippen LogP contribution in [0.2, 0.25) is 0 Å². The zero-order valence-electron chi connectivity index (χ0n) is 16.0. The van der Waals surface area contributed by atoms with E-state index in [4.69, 9.17) is 9.47 Å². The van der Waals surface area contributed by atoms with E-state index in [1.807, 2.05) is 0 Å². The second-order valence-corrected chi connectivity index (χ2v) is 7.62. The first-order valence-corrected chi connectivity index (χ1v) is 9.60. The van der Waals surface area contributed by atoms with Crippen LogP contribution >= 0.6 is 0 Å². The number of hydrogen-bond donors (Lipinski definition) is 1. The lowest BCUT2D eigenvalue weighted by Gasteiger charge is -2.52. The average molecular weight is 369 g/mol. The normalized spacial score (nSPS) is 28.0. The molecular formula is C21H27N3O3. The minimum Gasteiger partial charge on any atom is -0.481 e. The van der Waals surface area contributed by atoms with Gasteiger partial charge in [-0.05, 0) is 31.2 Å². The van der Waals surface area contributed by atoms with Crippen LogP contribution in [-0.4, -0.2) is 46.3 Å². The smallest absolute Gasteiger partial charge is 0.319 e. The predicted molar refractivity (Wildman–Crippen MR) is 102 cm³/mol. The molecule has 1 aromatic heterocycles. The van der Waals surface area contributed by atoms with Crippen LogP contribution in [-0.2, 0) is 12.1 Å². The van der Waals surface area contributed by atoms with Crippen LogP contribution in [0.4, 0.5) is 0 Å². The molecule has 2 atom stereocenters. The van der Waals surface area contributed by atoms with Crippen molar-refractivity contribution in [1.82, 2.24) is 14.9 Å². The van der Waals surface area contributed by atoms with Gasteiger partial charge in [0.15, 0.2) is 0 Å². The minimum atomic E-state index is -0.972. The summed E-state index contributed by atoms with van der Waals surface area (Å²) in [6, 6.07) is 11.5. The van der Waals surface area contributed by atoms with E-state index in [1.54, 1.807) is 13.3 Å². The molecule has 2 aliphatic rings. The van der Waals surface area contributed by atoms with E-state index in [1.165, 1.54) is 19.1 Å². The summed E-state index contributed by atoms with van der Waals surface area (Å²) in [6.07, 6.45) is 6.42. The predicted octanol–water partition coefficient (Wildman–Crippen LogP) is 2.90. The molecule has 6 nitrogen and oxygen atoms in total. The highest BCUT2D eigenvalue weighted by Gasteiger charge is 2.47. The fraction of sp³-hybridized carbons (Fsp3) is 0.524. The number of aliphatic hydroxyl groups is 1. The highest BCUT2D eigenvalue weighted by atomic mass is 16.5. The molecule has 2 bridgehead atoms. The second kappa shape index (κ2) is 7.44. The summed E-state index contributed by atoms with van der Waals surface area (Å²) in [5.74, 6) is 0.402. The van der Waals surface area contributed by atoms with Crippen molar-refractivity contribution in [1.29, 1.82) is 0 Å². The van der Waals surface area contributed by atoms with E-state index in [2.05, 4.69) is 45.2 Å². The van der Waals surface area contributed by atoms with Gasteiger partial charge >= 0.3 is 6.01 Å². The summed E-state index contributed by atoms with van der Waals surface area (Å²) in [5, 5.41) is 11.6. The second-order valence-electron chi connectivity index (χ2n) is 7.62. The van der Waals surface area contributed by atoms with E-state index in [9.17, 15) is 5.11 Å². The van der Waals surface area contributed by atoms with Crippen LogP contribution in [0, 0.1) is 0 Å². The first-order valence-electron chi connectivity index (χ1n) is 9.60. The number of piperidine rings is 2. The largest absolute Gasteiger partial charge is 0.481 e. The third kappa shape index (κ3) is 3.51. The highest BCUT2D eigenvalue weighted by molar-refractivity contribution is 5.33. The number of aromatic nitrogens is 2. The van der Waals surface area contributed by atoms with Gasteiger partial charge in [0.05, 0.1) is 25.4 Å². The van der Waals surface area contributed by atoms with Gasteiger partial charge < -0.3 is 14.6 Å². The zero-order chi connectivity index (χ0) is 18.9. The third-order valence-electron chi connectivity index (χ3n) is 5.98. The number of rotatable bonds is 5. The molecule has 2 aliphatic heterocycles. The van der Waals surface area contributed by atoms with Crippen molar-refractivity contribution < 1.29 is 14.6 Å². The Labute approximate surface area is 160 Å². The molecule has 0 amide bonds. The van der Waals surface area contributed by atoms with Gasteiger partial charge in [0.25, 0.3) is 0 Å². The molecule has 1 aromatic carbocycles. The molecule has 0 aliphatic carbocycles. The highest BCUT2D eigenvalue weighted by Crippen LogP contribution is 2.46. The molecule has 0 radical (unpaired) electrons. The quantitative estimate of drug-likeness (QED) is 0.874. The van der Waals surface area contributed by atoms with Gasteiger partial charge in [0.1, 0.15) is 0 Å². The van der Waals surface area contributed by atoms with Crippen molar-refractivity contribution in [2.75, 3.05) is 14.2 Å². The topological polar surface area (TPSA) is 67.7 Å². The number of benzene rings is 1. The number of hydrogen-bond acceptors (Lipinski definition) is 6. The molecule has 2 aromatic rings. The molecule has 0 spiro atoms. The number of nitrogens with zero attached hydrogens (tertiary/aromatic N) is 3. The Balaban J connectivity index is 1.61. The molecule has 2 fully saturated rings. The third-order valence-corrected chi connectivity index (χ3v) is 5.98. The molecule has 6 heteroatoms. The van der Waals surface area contributed by atoms with Crippen molar-refractivity contribution >= 4 is 0 Å². The Hall–Kier alpha value is -2.18. The molecule has 4 rings (SSSR count). The van der Waals surface area contributed by atoms with Gasteiger partial charge in [-0.1, -0.05) is 36.8 Å². The number of fused-ring (bicyclic) bond motifs is 2. The standard InChI is InChI=1S/C21H27N3O3/c1-26-19-18(13-22-20(23-19)27-2)21(25)11-16-9-6-10-17(12-21)24(16)14-15-7-4-3-5-8-15/h3-5,7-8,13,16-17,25H,6,9-12,14H2,1-2H3. The zero-order valence-corrected chi connectivity index (χ0v) is 16.0. The maximum Gasteiger partial charge on any atom is 0.319 e. The van der Waals surface area contributed by atoms with Gasteiger partial charge in [-0.15, -0.1) is 0 Å². The summed E-state index contributed by atoms with van der Waals surface area (Å²) < 4.78 is 10.5. The van der Waals surface area contributed by atoms with Crippen LogP contribution in [0.3, 0.4) is 0 Å². The summed E-state index contributed by atoms with van der Waals surface area (Å²) in [4.78, 5) is 11.1. The lowest BCUT2D eigenvalue weighted by Crippen LogP contribution is -2.56. The Morgan fingerprint density at radius 1 is 1.11 bits per heavy atom. The Bertz CT molecular complexity index is 769. The first-order chi connectivity index (χ1) is 13.1. The van der Waals surface area contributed by atoms with Crippen molar-refractivity contribution in [3.8, 4) is 11.9 Å². The monoisotopic (exact) mass is 369 g/mol. The molecule has 2 unspecified atom stereocenters. The van der Waals surface area contributed by atoms with Crippen LogP contribution in [0.15, 0.2) is 36.5 Å². The van der Waals surface area contributed by atoms with Crippen molar-refractivity contribution in [3.63, 3.8) is 0 Å². The molecule has 2 saturated heterocycles. The number of methoxy groups -OCH3 is 2. The maximum absolute atomic E-state index is 11.6. The van der Waals surface area contributed by atoms with E-state index < -0.39 is 5.60 Å². The molecule has 3 heterocycles. The SMILES string of the molecule is COc1ncc(C2(O)CC3CCCC(C2)N3Cc2ccccc2)c(OC)n1. The van der Waals surface area contributed by atoms with Crippen LogP contribution in [0.25, 0.3) is 0 Å². The Kier molecular flexibility index (Phi) is 5.02. The van der Waals surface area contributed by atoms with E-state index >= 15 is 0 Å². The van der Waals surface area contributed by atoms with E-state index in [0.717, 1.165) is 19.4 Å². The average Bonchev–Trinajstić information content (AvgIpc) is 2.69. The van der Waals surface area contributed by atoms with Crippen LogP contribution < -0.4 is 9.47 Å². The molecule has 0 saturated carbocycles. The van der Waals surface area contributed by atoms with Gasteiger partial charge in [-0.25, -0.2) is 4.98 Å². The summed E-state index contributed by atoms with van der Waals surface area (Å²) in [5.41, 5.74) is 1.02. The molecular weight excluding hydrogens is 342 g/mol. The molecule has 1 N–H and O–H groups in total. The lowest BCUT2D eigenvalue weighted by atomic mass is 9.73. The lowest BCUT2D eigenvalue weighted by molar-refractivity contribution is -0.101. The maximum atomic E-state index is 11.6. The van der Waals surface area contributed by atoms with Gasteiger partial charge in [0, 0.05) is 24.8 Å². The Morgan fingerprint density at radius 2 is 1.81 bits per heavy atom. The van der Waals surface area contributed by atoms with Crippen LogP contribution in [0.5, 0.6) is 11.9 Å². The van der Waals surface area contributed by atoms with Gasteiger partial charge in [-0.3, -0.25) is 4.90 Å². The summed E-state index contributed by atoms with van der Waals surface area (Å²) in [7, 11) is 3.09. The fourth-order valence-electron chi connectivity index (χ4n) is 4.72. The first kappa shape index (κ1) is 18.2. The van der Waals surface area contributed by atoms with Crippen LogP contribution in [0.1, 0.15) is 43.2 Å².